The topological polar surface area (TPSA) is 113 Å². The van der Waals surface area contributed by atoms with E-state index in [0.29, 0.717) is 50.8 Å². The zero-order chi connectivity index (χ0) is 36.5. The third kappa shape index (κ3) is 4.16. The molecule has 1 aromatic carbocycles. The van der Waals surface area contributed by atoms with Crippen molar-refractivity contribution in [1.82, 2.24) is 4.90 Å². The van der Waals surface area contributed by atoms with Gasteiger partial charge in [-0.3, -0.25) is 14.4 Å². The first-order valence-corrected chi connectivity index (χ1v) is 19.5. The summed E-state index contributed by atoms with van der Waals surface area (Å²) < 4.78 is 11.5. The Hall–Kier alpha value is -2.81. The lowest BCUT2D eigenvalue weighted by molar-refractivity contribution is -0.187. The zero-order valence-corrected chi connectivity index (χ0v) is 31.4. The minimum absolute atomic E-state index is 0.0319. The summed E-state index contributed by atoms with van der Waals surface area (Å²) in [5.41, 5.74) is -4.14. The molecule has 9 rings (SSSR count). The average Bonchev–Trinajstić information content (AvgIpc) is 3.55. The van der Waals surface area contributed by atoms with Crippen molar-refractivity contribution < 1.29 is 34.1 Å². The lowest BCUT2D eigenvalue weighted by atomic mass is 9.32. The number of fused-ring (bicyclic) bond motifs is 3. The van der Waals surface area contributed by atoms with Gasteiger partial charge in [-0.05, 0) is 88.4 Å². The fraction of sp³-hybridized carbons (Fsp3) is 0.698. The predicted octanol–water partition coefficient (Wildman–Crippen LogP) is 6.45. The number of benzene rings is 1. The van der Waals surface area contributed by atoms with Gasteiger partial charge in [-0.25, -0.2) is 0 Å². The number of aliphatic hydroxyl groups is 2. The number of amides is 1. The highest BCUT2D eigenvalue weighted by atomic mass is 16.6. The molecule has 0 radical (unpaired) electrons. The molecule has 8 heteroatoms. The number of hydrogen-bond acceptors (Lipinski definition) is 7. The van der Waals surface area contributed by atoms with Crippen LogP contribution in [0.3, 0.4) is 0 Å². The van der Waals surface area contributed by atoms with Crippen LogP contribution in [0.5, 0.6) is 0 Å². The van der Waals surface area contributed by atoms with Gasteiger partial charge in [0.15, 0.2) is 11.4 Å². The second-order valence-corrected chi connectivity index (χ2v) is 18.8. The van der Waals surface area contributed by atoms with E-state index in [2.05, 4.69) is 32.1 Å². The normalized spacial score (nSPS) is 45.5. The second-order valence-electron chi connectivity index (χ2n) is 18.8. The number of hydrogen-bond donors (Lipinski definition) is 2. The first kappa shape index (κ1) is 35.2. The van der Waals surface area contributed by atoms with Crippen LogP contribution in [0.4, 0.5) is 0 Å². The summed E-state index contributed by atoms with van der Waals surface area (Å²) in [4.78, 5) is 44.7. The molecule has 8 nitrogen and oxygen atoms in total. The van der Waals surface area contributed by atoms with Crippen molar-refractivity contribution >= 4 is 17.7 Å². The summed E-state index contributed by atoms with van der Waals surface area (Å²) in [5, 5.41) is 24.2. The maximum Gasteiger partial charge on any atom is 0.313 e. The van der Waals surface area contributed by atoms with Crippen molar-refractivity contribution in [2.24, 2.45) is 44.3 Å². The standard InChI is InChI=1S/C43H57NO7/c1-36(2)39(5)19-22-43(36,51-35(39)48)34(47)44(23-10-24-50-6)27-41(49)18-15-32-38(41,4)17-14-31-37(3)16-13-29(45)25-40(37)20-21-42(31,32)30(26-40)33(46)28-11-8-7-9-12-28/h7-9,11-12,20-21,26,29,31-32,45,49H,10,13-19,22-25,27H2,1-6H3. The van der Waals surface area contributed by atoms with Crippen LogP contribution in [0, 0.1) is 44.3 Å². The van der Waals surface area contributed by atoms with Crippen molar-refractivity contribution in [3.05, 3.63) is 59.7 Å². The number of rotatable bonds is 9. The Kier molecular flexibility index (Phi) is 7.68. The maximum absolute atomic E-state index is 14.9. The van der Waals surface area contributed by atoms with Gasteiger partial charge in [0.05, 0.1) is 23.7 Å². The van der Waals surface area contributed by atoms with E-state index in [1.165, 1.54) is 0 Å². The molecule has 2 spiro atoms. The number of esters is 1. The number of methoxy groups -OCH3 is 1. The van der Waals surface area contributed by atoms with E-state index in [1.807, 2.05) is 51.1 Å². The fourth-order valence-corrected chi connectivity index (χ4v) is 13.3. The molecule has 4 saturated carbocycles. The van der Waals surface area contributed by atoms with Crippen molar-refractivity contribution in [3.8, 4) is 0 Å². The Morgan fingerprint density at radius 1 is 0.922 bits per heavy atom. The molecule has 2 N–H and O–H groups in total. The van der Waals surface area contributed by atoms with E-state index >= 15 is 0 Å². The van der Waals surface area contributed by atoms with Gasteiger partial charge in [-0.2, -0.15) is 0 Å². The smallest absolute Gasteiger partial charge is 0.313 e. The Bertz CT molecular complexity index is 1720. The van der Waals surface area contributed by atoms with Gasteiger partial charge >= 0.3 is 5.97 Å². The van der Waals surface area contributed by atoms with Gasteiger partial charge in [0.2, 0.25) is 0 Å². The molecule has 10 atom stereocenters. The number of allylic oxidation sites excluding steroid dienone is 4. The van der Waals surface area contributed by atoms with Gasteiger partial charge in [0, 0.05) is 53.1 Å². The van der Waals surface area contributed by atoms with E-state index in [1.54, 1.807) is 12.0 Å². The molecule has 1 amide bonds. The predicted molar refractivity (Wildman–Crippen MR) is 192 cm³/mol. The lowest BCUT2D eigenvalue weighted by Crippen LogP contribution is -2.68. The highest BCUT2D eigenvalue weighted by molar-refractivity contribution is 6.10. The van der Waals surface area contributed by atoms with Crippen LogP contribution in [0.2, 0.25) is 0 Å². The van der Waals surface area contributed by atoms with Gasteiger partial charge < -0.3 is 24.6 Å². The number of ketones is 1. The molecule has 276 valence electrons. The molecule has 51 heavy (non-hydrogen) atoms. The van der Waals surface area contributed by atoms with E-state index in [0.717, 1.165) is 37.7 Å². The summed E-state index contributed by atoms with van der Waals surface area (Å²) in [6, 6.07) is 9.55. The minimum Gasteiger partial charge on any atom is -0.448 e. The molecule has 1 saturated heterocycles. The molecule has 1 aliphatic heterocycles. The zero-order valence-electron chi connectivity index (χ0n) is 31.4. The largest absolute Gasteiger partial charge is 0.448 e. The molecular formula is C43H57NO7. The molecule has 1 heterocycles. The number of carbonyl (C=O) groups excluding carboxylic acids is 3. The van der Waals surface area contributed by atoms with Gasteiger partial charge in [0.25, 0.3) is 5.91 Å². The van der Waals surface area contributed by atoms with E-state index in [9.17, 15) is 24.6 Å². The first-order valence-electron chi connectivity index (χ1n) is 19.5. The molecule has 4 bridgehead atoms. The van der Waals surface area contributed by atoms with Crippen LogP contribution in [-0.4, -0.2) is 76.9 Å². The number of Topliss-reactive ketones (excluding diaryl/α,β-unsaturated/α-hetero) is 1. The Morgan fingerprint density at radius 2 is 1.61 bits per heavy atom. The SMILES string of the molecule is COCCCN(CC1(O)CCC2C34C=CC5(C=C3C(=O)c3ccccc3)CC(O)CCC5(C)C4CCC21C)C(=O)C12CCC(C)(C(=O)O1)C2(C)C. The lowest BCUT2D eigenvalue weighted by Gasteiger charge is -2.71. The van der Waals surface area contributed by atoms with Crippen LogP contribution < -0.4 is 0 Å². The summed E-state index contributed by atoms with van der Waals surface area (Å²) in [6.45, 7) is 11.5. The molecule has 5 fully saturated rings. The fourth-order valence-electron chi connectivity index (χ4n) is 13.3. The average molecular weight is 700 g/mol. The van der Waals surface area contributed by atoms with Gasteiger partial charge in [0.1, 0.15) is 0 Å². The third-order valence-electron chi connectivity index (χ3n) is 16.9. The van der Waals surface area contributed by atoms with Crippen molar-refractivity contribution in [1.29, 1.82) is 0 Å². The number of nitrogens with zero attached hydrogens (tertiary/aromatic N) is 1. The maximum atomic E-state index is 14.9. The molecule has 7 aliphatic carbocycles. The quantitative estimate of drug-likeness (QED) is 0.132. The van der Waals surface area contributed by atoms with Gasteiger partial charge in [-0.1, -0.05) is 76.3 Å². The number of ether oxygens (including phenoxy) is 2. The van der Waals surface area contributed by atoms with E-state index in [4.69, 9.17) is 9.47 Å². The Labute approximate surface area is 303 Å². The Balaban J connectivity index is 1.19. The molecule has 8 aliphatic rings. The summed E-state index contributed by atoms with van der Waals surface area (Å²) in [6.07, 6.45) is 13.3. The minimum atomic E-state index is -1.27. The molecule has 0 aromatic heterocycles. The third-order valence-corrected chi connectivity index (χ3v) is 16.9. The number of carbonyl (C=O) groups is 3. The monoisotopic (exact) mass is 699 g/mol. The summed E-state index contributed by atoms with van der Waals surface area (Å²) >= 11 is 0. The van der Waals surface area contributed by atoms with E-state index < -0.39 is 44.4 Å². The highest BCUT2D eigenvalue weighted by Gasteiger charge is 2.78. The van der Waals surface area contributed by atoms with E-state index in [-0.39, 0.29) is 41.5 Å². The van der Waals surface area contributed by atoms with Crippen LogP contribution in [0.25, 0.3) is 0 Å². The Morgan fingerprint density at radius 3 is 2.27 bits per heavy atom. The molecular weight excluding hydrogens is 642 g/mol. The summed E-state index contributed by atoms with van der Waals surface area (Å²) in [5.74, 6) is -0.328. The first-order chi connectivity index (χ1) is 24.0. The van der Waals surface area contributed by atoms with Crippen molar-refractivity contribution in [2.45, 2.75) is 116 Å². The van der Waals surface area contributed by atoms with Crippen molar-refractivity contribution in [2.75, 3.05) is 26.8 Å². The van der Waals surface area contributed by atoms with Crippen LogP contribution >= 0.6 is 0 Å². The number of aliphatic hydroxyl groups excluding tert-OH is 1. The van der Waals surface area contributed by atoms with Crippen LogP contribution in [0.15, 0.2) is 54.1 Å². The molecule has 1 aromatic rings. The molecule has 10 unspecified atom stereocenters. The van der Waals surface area contributed by atoms with Gasteiger partial charge in [-0.15, -0.1) is 0 Å². The van der Waals surface area contributed by atoms with Crippen LogP contribution in [0.1, 0.15) is 109 Å². The highest BCUT2D eigenvalue weighted by Crippen LogP contribution is 2.78. The van der Waals surface area contributed by atoms with Crippen molar-refractivity contribution in [3.63, 3.8) is 0 Å². The summed E-state index contributed by atoms with van der Waals surface area (Å²) in [7, 11) is 1.65. The van der Waals surface area contributed by atoms with Crippen LogP contribution in [-0.2, 0) is 19.1 Å². The second kappa shape index (κ2) is 11.1.